The number of hydrogen-bond acceptors (Lipinski definition) is 5. The zero-order valence-electron chi connectivity index (χ0n) is 18.2. The number of amides is 1. The van der Waals surface area contributed by atoms with Crippen molar-refractivity contribution in [2.24, 2.45) is 0 Å². The fourth-order valence-corrected chi connectivity index (χ4v) is 5.40. The lowest BCUT2D eigenvalue weighted by atomic mass is 9.76. The number of fused-ring (bicyclic) bond motifs is 1. The fourth-order valence-electron chi connectivity index (χ4n) is 5.40. The third-order valence-corrected chi connectivity index (χ3v) is 7.19. The van der Waals surface area contributed by atoms with E-state index in [0.717, 1.165) is 36.1 Å². The highest BCUT2D eigenvalue weighted by Crippen LogP contribution is 2.57. The first kappa shape index (κ1) is 20.3. The highest BCUT2D eigenvalue weighted by atomic mass is 16.6. The van der Waals surface area contributed by atoms with E-state index in [9.17, 15) is 4.79 Å². The fraction of sp³-hybridized carbons (Fsp3) is 0.480. The second-order valence-corrected chi connectivity index (χ2v) is 8.99. The number of benzene rings is 1. The predicted molar refractivity (Wildman–Crippen MR) is 117 cm³/mol. The van der Waals surface area contributed by atoms with Crippen molar-refractivity contribution >= 4 is 12.0 Å². The number of carbonyl (C=O) groups excluding carboxylic acids is 1. The highest BCUT2D eigenvalue weighted by Gasteiger charge is 2.68. The monoisotopic (exact) mass is 419 g/mol. The van der Waals surface area contributed by atoms with Crippen molar-refractivity contribution in [3.05, 3.63) is 65.8 Å². The molecule has 1 saturated carbocycles. The minimum absolute atomic E-state index is 0.0290. The first-order valence-electron chi connectivity index (χ1n) is 11.1. The summed E-state index contributed by atoms with van der Waals surface area (Å²) in [6.07, 6.45) is 10.7. The maximum Gasteiger partial charge on any atom is 0.257 e. The molecule has 2 saturated heterocycles. The number of aromatic nitrogens is 2. The molecular weight excluding hydrogens is 390 g/mol. The van der Waals surface area contributed by atoms with Crippen molar-refractivity contribution in [1.82, 2.24) is 14.9 Å². The van der Waals surface area contributed by atoms with Crippen LogP contribution in [0.3, 0.4) is 0 Å². The van der Waals surface area contributed by atoms with E-state index in [1.807, 2.05) is 11.0 Å². The van der Waals surface area contributed by atoms with Crippen LogP contribution < -0.4 is 0 Å². The van der Waals surface area contributed by atoms with Gasteiger partial charge in [-0.2, -0.15) is 0 Å². The van der Waals surface area contributed by atoms with Crippen molar-refractivity contribution in [2.75, 3.05) is 0 Å². The molecule has 0 unspecified atom stereocenters. The van der Waals surface area contributed by atoms with Crippen molar-refractivity contribution in [3.8, 4) is 0 Å². The molecule has 0 radical (unpaired) electrons. The maximum absolute atomic E-state index is 13.6. The van der Waals surface area contributed by atoms with Crippen LogP contribution in [0.1, 0.15) is 67.5 Å². The molecule has 6 heteroatoms. The lowest BCUT2D eigenvalue weighted by molar-refractivity contribution is -0.203. The normalized spacial score (nSPS) is 31.7. The van der Waals surface area contributed by atoms with Crippen LogP contribution in [0.5, 0.6) is 0 Å². The Morgan fingerprint density at radius 3 is 2.90 bits per heavy atom. The van der Waals surface area contributed by atoms with Crippen molar-refractivity contribution in [3.63, 3.8) is 0 Å². The summed E-state index contributed by atoms with van der Waals surface area (Å²) in [5.41, 5.74) is 3.02. The van der Waals surface area contributed by atoms with Crippen LogP contribution in [-0.4, -0.2) is 38.2 Å². The number of hydrogen-bond donors (Lipinski definition) is 0. The van der Waals surface area contributed by atoms with Crippen LogP contribution in [0.15, 0.2) is 43.4 Å². The minimum atomic E-state index is -0.749. The van der Waals surface area contributed by atoms with E-state index in [4.69, 9.17) is 9.47 Å². The summed E-state index contributed by atoms with van der Waals surface area (Å²) in [4.78, 5) is 24.2. The van der Waals surface area contributed by atoms with E-state index in [1.54, 1.807) is 18.6 Å². The van der Waals surface area contributed by atoms with Crippen LogP contribution in [-0.2, 0) is 20.9 Å². The third-order valence-electron chi connectivity index (χ3n) is 7.19. The maximum atomic E-state index is 13.6. The molecule has 5 rings (SSSR count). The predicted octanol–water partition coefficient (Wildman–Crippen LogP) is 4.35. The zero-order valence-corrected chi connectivity index (χ0v) is 18.2. The van der Waals surface area contributed by atoms with Crippen LogP contribution in [0.25, 0.3) is 6.08 Å². The van der Waals surface area contributed by atoms with E-state index in [2.05, 4.69) is 48.6 Å². The van der Waals surface area contributed by atoms with Gasteiger partial charge in [0, 0.05) is 25.2 Å². The van der Waals surface area contributed by atoms with E-state index >= 15 is 0 Å². The van der Waals surface area contributed by atoms with E-state index < -0.39 is 11.3 Å². The summed E-state index contributed by atoms with van der Waals surface area (Å²) >= 11 is 0. The molecule has 3 aliphatic rings. The van der Waals surface area contributed by atoms with Gasteiger partial charge in [0.1, 0.15) is 5.72 Å². The Bertz CT molecular complexity index is 1000. The molecule has 1 spiro atoms. The first-order valence-corrected chi connectivity index (χ1v) is 11.1. The quantitative estimate of drug-likeness (QED) is 0.697. The Balaban J connectivity index is 1.27. The van der Waals surface area contributed by atoms with Crippen LogP contribution in [0.4, 0.5) is 0 Å². The van der Waals surface area contributed by atoms with Crippen molar-refractivity contribution in [1.29, 1.82) is 0 Å². The summed E-state index contributed by atoms with van der Waals surface area (Å²) in [6.45, 7) is 8.57. The Morgan fingerprint density at radius 1 is 1.35 bits per heavy atom. The van der Waals surface area contributed by atoms with Gasteiger partial charge in [0.15, 0.2) is 5.60 Å². The molecular formula is C25H29N3O3. The number of aryl methyl sites for hydroxylation is 1. The molecule has 162 valence electrons. The van der Waals surface area contributed by atoms with Crippen LogP contribution in [0, 0.1) is 6.92 Å². The third kappa shape index (κ3) is 3.20. The number of carbonyl (C=O) groups is 1. The lowest BCUT2D eigenvalue weighted by Gasteiger charge is -2.43. The highest BCUT2D eigenvalue weighted by molar-refractivity contribution is 5.90. The van der Waals surface area contributed by atoms with Gasteiger partial charge in [-0.25, -0.2) is 0 Å². The first-order chi connectivity index (χ1) is 15.0. The molecule has 2 aromatic rings. The van der Waals surface area contributed by atoms with Gasteiger partial charge in [-0.3, -0.25) is 14.8 Å². The van der Waals surface area contributed by atoms with E-state index in [1.165, 1.54) is 5.56 Å². The molecule has 0 N–H and O–H groups in total. The molecule has 1 aromatic heterocycles. The summed E-state index contributed by atoms with van der Waals surface area (Å²) < 4.78 is 12.7. The Hall–Kier alpha value is -2.57. The number of nitrogens with zero attached hydrogens (tertiary/aromatic N) is 3. The molecule has 1 aliphatic carbocycles. The smallest absolute Gasteiger partial charge is 0.257 e. The standard InChI is InChI=1S/C25H29N3O3/c1-4-19-12-18(7-6-17(19)3)16-30-20-13-24(14-20)23(29)28-22(21-15-26-10-11-27-21)8-9-25(28,5-2)31-24/h4,6-7,10-12,15,20,22H,1,5,8-9,13-14,16H2,2-3H3/t20?,22-,24?,25+/m0/s1. The summed E-state index contributed by atoms with van der Waals surface area (Å²) in [5.74, 6) is 0.0895. The second-order valence-electron chi connectivity index (χ2n) is 8.99. The minimum Gasteiger partial charge on any atom is -0.373 e. The molecule has 6 nitrogen and oxygen atoms in total. The Morgan fingerprint density at radius 2 is 2.19 bits per heavy atom. The molecule has 31 heavy (non-hydrogen) atoms. The van der Waals surface area contributed by atoms with Gasteiger partial charge < -0.3 is 14.4 Å². The Kier molecular flexibility index (Phi) is 4.94. The zero-order chi connectivity index (χ0) is 21.6. The number of ether oxygens (including phenoxy) is 2. The molecule has 3 heterocycles. The average molecular weight is 420 g/mol. The van der Waals surface area contributed by atoms with Gasteiger partial charge >= 0.3 is 0 Å². The van der Waals surface area contributed by atoms with Crippen molar-refractivity contribution < 1.29 is 14.3 Å². The summed E-state index contributed by atoms with van der Waals surface area (Å²) in [5, 5.41) is 0. The Labute approximate surface area is 183 Å². The lowest BCUT2D eigenvalue weighted by Crippen LogP contribution is -2.54. The average Bonchev–Trinajstić information content (AvgIpc) is 3.26. The summed E-state index contributed by atoms with van der Waals surface area (Å²) in [6, 6.07) is 6.22. The van der Waals surface area contributed by atoms with Gasteiger partial charge in [0.25, 0.3) is 5.91 Å². The van der Waals surface area contributed by atoms with E-state index in [0.29, 0.717) is 19.4 Å². The molecule has 2 atom stereocenters. The van der Waals surface area contributed by atoms with Gasteiger partial charge in [0.2, 0.25) is 0 Å². The SMILES string of the molecule is C=Cc1cc(COC2CC3(C2)O[C@]2(CC)CC[C@@H](c4cnccn4)N2C3=O)ccc1C. The van der Waals surface area contributed by atoms with E-state index in [-0.39, 0.29) is 18.1 Å². The number of rotatable bonds is 6. The topological polar surface area (TPSA) is 64.6 Å². The molecule has 0 bridgehead atoms. The summed E-state index contributed by atoms with van der Waals surface area (Å²) in [7, 11) is 0. The molecule has 2 aliphatic heterocycles. The molecule has 1 aromatic carbocycles. The van der Waals surface area contributed by atoms with Crippen LogP contribution >= 0.6 is 0 Å². The second kappa shape index (κ2) is 7.53. The van der Waals surface area contributed by atoms with Gasteiger partial charge in [0.05, 0.1) is 30.6 Å². The van der Waals surface area contributed by atoms with Crippen LogP contribution in [0.2, 0.25) is 0 Å². The van der Waals surface area contributed by atoms with Gasteiger partial charge in [-0.15, -0.1) is 0 Å². The molecule has 3 fully saturated rings. The van der Waals surface area contributed by atoms with Gasteiger partial charge in [-0.05, 0) is 48.9 Å². The molecule has 1 amide bonds. The largest absolute Gasteiger partial charge is 0.373 e. The van der Waals surface area contributed by atoms with Crippen molar-refractivity contribution in [2.45, 2.75) is 76.0 Å². The van der Waals surface area contributed by atoms with Gasteiger partial charge in [-0.1, -0.05) is 31.7 Å².